The Hall–Kier alpha value is -2.11. The summed E-state index contributed by atoms with van der Waals surface area (Å²) in [6.45, 7) is 0. The SMILES string of the molecule is Nc1ccc(-c2nnnn2-c2ccc(Cl)cc2)cc1Cl. The van der Waals surface area contributed by atoms with Gasteiger partial charge in [-0.15, -0.1) is 5.10 Å². The van der Waals surface area contributed by atoms with Gasteiger partial charge in [-0.25, -0.2) is 0 Å². The lowest BCUT2D eigenvalue weighted by Gasteiger charge is -2.06. The van der Waals surface area contributed by atoms with Gasteiger partial charge in [0.2, 0.25) is 0 Å². The molecular formula is C13H9Cl2N5. The van der Waals surface area contributed by atoms with E-state index in [0.29, 0.717) is 21.6 Å². The second kappa shape index (κ2) is 5.11. The fourth-order valence-electron chi connectivity index (χ4n) is 1.79. The van der Waals surface area contributed by atoms with Crippen LogP contribution >= 0.6 is 23.2 Å². The van der Waals surface area contributed by atoms with Crippen LogP contribution in [0.1, 0.15) is 0 Å². The van der Waals surface area contributed by atoms with E-state index in [0.717, 1.165) is 11.3 Å². The fourth-order valence-corrected chi connectivity index (χ4v) is 2.10. The number of aromatic nitrogens is 4. The van der Waals surface area contributed by atoms with Crippen molar-refractivity contribution in [3.05, 3.63) is 52.5 Å². The first-order valence-electron chi connectivity index (χ1n) is 5.75. The summed E-state index contributed by atoms with van der Waals surface area (Å²) in [6.07, 6.45) is 0. The number of nitrogens with two attached hydrogens (primary N) is 1. The van der Waals surface area contributed by atoms with E-state index in [1.54, 1.807) is 28.9 Å². The van der Waals surface area contributed by atoms with Gasteiger partial charge in [0.05, 0.1) is 16.4 Å². The van der Waals surface area contributed by atoms with Crippen LogP contribution in [0.2, 0.25) is 10.0 Å². The maximum absolute atomic E-state index is 6.03. The average molecular weight is 306 g/mol. The first-order chi connectivity index (χ1) is 9.65. The lowest BCUT2D eigenvalue weighted by Crippen LogP contribution is -1.99. The van der Waals surface area contributed by atoms with Crippen molar-refractivity contribution in [2.24, 2.45) is 0 Å². The minimum atomic E-state index is 0.466. The topological polar surface area (TPSA) is 69.6 Å². The van der Waals surface area contributed by atoms with Gasteiger partial charge in [-0.1, -0.05) is 23.2 Å². The van der Waals surface area contributed by atoms with Gasteiger partial charge in [0.25, 0.3) is 0 Å². The molecule has 0 aliphatic carbocycles. The Morgan fingerprint density at radius 3 is 2.45 bits per heavy atom. The number of nitrogens with zero attached hydrogens (tertiary/aromatic N) is 4. The van der Waals surface area contributed by atoms with E-state index >= 15 is 0 Å². The van der Waals surface area contributed by atoms with Gasteiger partial charge < -0.3 is 5.73 Å². The van der Waals surface area contributed by atoms with Crippen molar-refractivity contribution < 1.29 is 0 Å². The highest BCUT2D eigenvalue weighted by molar-refractivity contribution is 6.33. The summed E-state index contributed by atoms with van der Waals surface area (Å²) in [5.74, 6) is 0.578. The number of hydrogen-bond donors (Lipinski definition) is 1. The van der Waals surface area contributed by atoms with Gasteiger partial charge in [0, 0.05) is 10.6 Å². The van der Waals surface area contributed by atoms with Crippen molar-refractivity contribution in [1.82, 2.24) is 20.2 Å². The highest BCUT2D eigenvalue weighted by atomic mass is 35.5. The summed E-state index contributed by atoms with van der Waals surface area (Å²) in [7, 11) is 0. The third-order valence-electron chi connectivity index (χ3n) is 2.80. The molecule has 0 fully saturated rings. The number of hydrogen-bond acceptors (Lipinski definition) is 4. The highest BCUT2D eigenvalue weighted by Crippen LogP contribution is 2.26. The Labute approximate surface area is 124 Å². The van der Waals surface area contributed by atoms with Gasteiger partial charge in [-0.3, -0.25) is 0 Å². The minimum absolute atomic E-state index is 0.466. The summed E-state index contributed by atoms with van der Waals surface area (Å²) in [5.41, 5.74) is 7.81. The summed E-state index contributed by atoms with van der Waals surface area (Å²) in [5, 5.41) is 12.8. The van der Waals surface area contributed by atoms with Gasteiger partial charge in [0.1, 0.15) is 0 Å². The van der Waals surface area contributed by atoms with Crippen LogP contribution in [0.15, 0.2) is 42.5 Å². The van der Waals surface area contributed by atoms with Crippen molar-refractivity contribution in [2.45, 2.75) is 0 Å². The Morgan fingerprint density at radius 2 is 1.75 bits per heavy atom. The molecule has 1 heterocycles. The maximum atomic E-state index is 6.03. The van der Waals surface area contributed by atoms with Gasteiger partial charge in [0.15, 0.2) is 5.82 Å². The summed E-state index contributed by atoms with van der Waals surface area (Å²) >= 11 is 11.9. The highest BCUT2D eigenvalue weighted by Gasteiger charge is 2.11. The van der Waals surface area contributed by atoms with E-state index in [1.165, 1.54) is 0 Å². The summed E-state index contributed by atoms with van der Waals surface area (Å²) in [4.78, 5) is 0. The molecule has 20 heavy (non-hydrogen) atoms. The molecule has 1 aromatic heterocycles. The molecular weight excluding hydrogens is 297 g/mol. The molecule has 0 atom stereocenters. The molecule has 0 radical (unpaired) electrons. The van der Waals surface area contributed by atoms with Crippen LogP contribution in [0.25, 0.3) is 17.1 Å². The van der Waals surface area contributed by atoms with Crippen molar-refractivity contribution >= 4 is 28.9 Å². The van der Waals surface area contributed by atoms with E-state index in [4.69, 9.17) is 28.9 Å². The molecule has 5 nitrogen and oxygen atoms in total. The molecule has 0 spiro atoms. The number of nitrogen functional groups attached to an aromatic ring is 1. The Bertz CT molecular complexity index is 752. The predicted octanol–water partition coefficient (Wildman–Crippen LogP) is 3.22. The van der Waals surface area contributed by atoms with E-state index in [-0.39, 0.29) is 0 Å². The lowest BCUT2D eigenvalue weighted by atomic mass is 10.2. The zero-order valence-electron chi connectivity index (χ0n) is 10.2. The molecule has 2 aromatic carbocycles. The van der Waals surface area contributed by atoms with Crippen molar-refractivity contribution in [3.8, 4) is 17.1 Å². The van der Waals surface area contributed by atoms with Crippen LogP contribution in [-0.2, 0) is 0 Å². The minimum Gasteiger partial charge on any atom is -0.398 e. The van der Waals surface area contributed by atoms with E-state index in [1.807, 2.05) is 18.2 Å². The molecule has 7 heteroatoms. The van der Waals surface area contributed by atoms with Crippen LogP contribution in [-0.4, -0.2) is 20.2 Å². The van der Waals surface area contributed by atoms with Crippen molar-refractivity contribution in [1.29, 1.82) is 0 Å². The molecule has 2 N–H and O–H groups in total. The monoisotopic (exact) mass is 305 g/mol. The van der Waals surface area contributed by atoms with Gasteiger partial charge in [-0.2, -0.15) is 4.68 Å². The zero-order valence-corrected chi connectivity index (χ0v) is 11.7. The molecule has 100 valence electrons. The molecule has 0 unspecified atom stereocenters. The van der Waals surface area contributed by atoms with Crippen LogP contribution in [0, 0.1) is 0 Å². The second-order valence-electron chi connectivity index (χ2n) is 4.13. The van der Waals surface area contributed by atoms with Crippen molar-refractivity contribution in [3.63, 3.8) is 0 Å². The summed E-state index contributed by atoms with van der Waals surface area (Å²) < 4.78 is 1.61. The lowest BCUT2D eigenvalue weighted by molar-refractivity contribution is 0.791. The van der Waals surface area contributed by atoms with Crippen LogP contribution < -0.4 is 5.73 Å². The normalized spacial score (nSPS) is 10.7. The number of halogens is 2. The molecule has 0 saturated heterocycles. The first kappa shape index (κ1) is 12.9. The molecule has 0 amide bonds. The van der Waals surface area contributed by atoms with E-state index in [2.05, 4.69) is 15.5 Å². The number of tetrazole rings is 1. The zero-order chi connectivity index (χ0) is 14.1. The smallest absolute Gasteiger partial charge is 0.187 e. The van der Waals surface area contributed by atoms with Crippen LogP contribution in [0.3, 0.4) is 0 Å². The third kappa shape index (κ3) is 2.33. The van der Waals surface area contributed by atoms with Crippen LogP contribution in [0.5, 0.6) is 0 Å². The first-order valence-corrected chi connectivity index (χ1v) is 6.50. The molecule has 0 saturated carbocycles. The Morgan fingerprint density at radius 1 is 1.00 bits per heavy atom. The fraction of sp³-hybridized carbons (Fsp3) is 0. The number of anilines is 1. The largest absolute Gasteiger partial charge is 0.398 e. The molecule has 3 aromatic rings. The molecule has 3 rings (SSSR count). The average Bonchev–Trinajstić information content (AvgIpc) is 2.92. The Kier molecular flexibility index (Phi) is 3.30. The van der Waals surface area contributed by atoms with E-state index in [9.17, 15) is 0 Å². The third-order valence-corrected chi connectivity index (χ3v) is 3.38. The second-order valence-corrected chi connectivity index (χ2v) is 4.97. The number of benzene rings is 2. The summed E-state index contributed by atoms with van der Waals surface area (Å²) in [6, 6.07) is 12.5. The quantitative estimate of drug-likeness (QED) is 0.738. The molecule has 0 bridgehead atoms. The number of rotatable bonds is 2. The van der Waals surface area contributed by atoms with Gasteiger partial charge >= 0.3 is 0 Å². The molecule has 0 aliphatic heterocycles. The van der Waals surface area contributed by atoms with E-state index < -0.39 is 0 Å². The van der Waals surface area contributed by atoms with Crippen LogP contribution in [0.4, 0.5) is 5.69 Å². The Balaban J connectivity index is 2.10. The van der Waals surface area contributed by atoms with Gasteiger partial charge in [-0.05, 0) is 52.9 Å². The predicted molar refractivity (Wildman–Crippen MR) is 79.0 cm³/mol. The maximum Gasteiger partial charge on any atom is 0.187 e. The molecule has 0 aliphatic rings. The van der Waals surface area contributed by atoms with Crippen molar-refractivity contribution in [2.75, 3.05) is 5.73 Å². The standard InChI is InChI=1S/C13H9Cl2N5/c14-9-2-4-10(5-3-9)20-13(17-18-19-20)8-1-6-12(16)11(15)7-8/h1-7H,16H2.